The lowest BCUT2D eigenvalue weighted by Gasteiger charge is -2.33. The third kappa shape index (κ3) is 50.4. The number of aliphatic hydroxyl groups is 4. The number of aromatic amines is 1. The summed E-state index contributed by atoms with van der Waals surface area (Å²) in [6.45, 7) is 3.65. The van der Waals surface area contributed by atoms with Crippen molar-refractivity contribution in [3.05, 3.63) is 71.9 Å². The number of aromatic nitrogens is 1. The second-order valence-electron chi connectivity index (χ2n) is 33.7. The van der Waals surface area contributed by atoms with Crippen molar-refractivity contribution in [3.63, 3.8) is 0 Å². The van der Waals surface area contributed by atoms with Gasteiger partial charge in [-0.15, -0.1) is 0 Å². The minimum atomic E-state index is -4.01. The molecule has 3 aromatic rings. The average Bonchev–Trinajstić information content (AvgIpc) is 1.68. The quantitative estimate of drug-likeness (QED) is 0.0116. The predicted octanol–water partition coefficient (Wildman–Crippen LogP) is -3.04. The van der Waals surface area contributed by atoms with Crippen LogP contribution < -0.4 is 114 Å². The molecule has 0 unspecified atom stereocenters. The van der Waals surface area contributed by atoms with Gasteiger partial charge >= 0.3 is 0 Å². The minimum absolute atomic E-state index is 0.00259. The maximum Gasteiger partial charge on any atom is 0.245 e. The van der Waals surface area contributed by atoms with Crippen LogP contribution in [-0.4, -0.2) is 259 Å². The first kappa shape index (κ1) is 117. The normalized spacial score (nSPS) is 18.3. The Morgan fingerprint density at radius 3 is 1.64 bits per heavy atom. The van der Waals surface area contributed by atoms with Crippen molar-refractivity contribution in [2.75, 3.05) is 52.2 Å². The molecular weight excluding hydrogens is 1770 g/mol. The summed E-state index contributed by atoms with van der Waals surface area (Å²) in [5.41, 5.74) is 40.5. The Hall–Kier alpha value is -11.7. The first-order valence-electron chi connectivity index (χ1n) is 46.7. The van der Waals surface area contributed by atoms with Gasteiger partial charge in [-0.2, -0.15) is 0 Å². The molecule has 4 rings (SSSR count). The van der Waals surface area contributed by atoms with Gasteiger partial charge in [-0.05, 0) is 101 Å². The molecule has 0 radical (unpaired) electrons. The molecule has 33 N–H and O–H groups in total. The number of nitrogens with zero attached hydrogens (tertiary/aromatic N) is 2. The number of nitrogens with two attached hydrogens (primary N) is 7. The fraction of sp³-hybridized carbons (Fsp3) is 0.652. The van der Waals surface area contributed by atoms with Crippen LogP contribution in [0.25, 0.3) is 10.9 Å². The Bertz CT molecular complexity index is 4370. The van der Waals surface area contributed by atoms with Gasteiger partial charge in [0.1, 0.15) is 60.8 Å². The number of guanidine groups is 2. The van der Waals surface area contributed by atoms with E-state index in [1.54, 1.807) is 43.5 Å². The van der Waals surface area contributed by atoms with Crippen LogP contribution in [0, 0.1) is 5.92 Å². The second-order valence-corrected chi connectivity index (χ2v) is 35.5. The fourth-order valence-corrected chi connectivity index (χ4v) is 15.6. The largest absolute Gasteiger partial charge is 0.394 e. The van der Waals surface area contributed by atoms with Crippen LogP contribution in [0.4, 0.5) is 0 Å². The summed E-state index contributed by atoms with van der Waals surface area (Å²) >= 11 is 0. The van der Waals surface area contributed by atoms with Crippen LogP contribution in [0.1, 0.15) is 237 Å². The molecule has 2 heterocycles. The number of rotatable bonds is 57. The number of carbonyl (C=O) groups excluding carboxylic acids is 15. The number of fused-ring (bicyclic) bond motifs is 1. The molecule has 15 amide bonds. The van der Waals surface area contributed by atoms with Crippen LogP contribution in [0.3, 0.4) is 0 Å². The summed E-state index contributed by atoms with van der Waals surface area (Å²) in [4.78, 5) is 207. The van der Waals surface area contributed by atoms with Crippen LogP contribution in [0.2, 0.25) is 0 Å². The maximum atomic E-state index is 14.4. The molecule has 1 fully saturated rings. The van der Waals surface area contributed by atoms with Crippen molar-refractivity contribution in [1.29, 1.82) is 0 Å². The lowest BCUT2D eigenvalue weighted by Crippen LogP contribution is -2.62. The number of H-pyrrole nitrogens is 1. The highest BCUT2D eigenvalue weighted by atomic mass is 32.2. The molecule has 1 saturated heterocycles. The number of unbranched alkanes of at least 4 members (excludes halogenated alkanes) is 13. The van der Waals surface area contributed by atoms with Gasteiger partial charge < -0.3 is 124 Å². The summed E-state index contributed by atoms with van der Waals surface area (Å²) < 4.78 is 26.9. The van der Waals surface area contributed by atoms with E-state index in [0.29, 0.717) is 43.2 Å². The van der Waals surface area contributed by atoms with Crippen molar-refractivity contribution in [1.82, 2.24) is 78.8 Å². The number of benzene rings is 2. The highest BCUT2D eigenvalue weighted by molar-refractivity contribution is 7.90. The first-order chi connectivity index (χ1) is 64.3. The Morgan fingerprint density at radius 1 is 0.504 bits per heavy atom. The molecule has 13 atom stereocenters. The molecule has 45 nitrogen and oxygen atoms in total. The van der Waals surface area contributed by atoms with Gasteiger partial charge in [0.15, 0.2) is 11.9 Å². The number of hydrogen-bond donors (Lipinski definition) is 26. The molecule has 46 heteroatoms. The van der Waals surface area contributed by atoms with Crippen molar-refractivity contribution in [2.24, 2.45) is 56.0 Å². The number of aliphatic imine (C=N–C) groups is 2. The van der Waals surface area contributed by atoms with E-state index in [0.717, 1.165) is 43.0 Å². The number of primary amides is 3. The molecule has 1 aliphatic heterocycles. The Labute approximate surface area is 789 Å². The van der Waals surface area contributed by atoms with Crippen molar-refractivity contribution >= 4 is 121 Å². The average molecular weight is 1920 g/mol. The maximum absolute atomic E-state index is 14.4. The Morgan fingerprint density at radius 2 is 1.04 bits per heavy atom. The number of para-hydroxylation sites is 1. The molecular formula is C89H150N24O21S. The van der Waals surface area contributed by atoms with Gasteiger partial charge in [-0.3, -0.25) is 97.3 Å². The van der Waals surface area contributed by atoms with Gasteiger partial charge in [0, 0.05) is 101 Å². The van der Waals surface area contributed by atoms with Crippen LogP contribution >= 0.6 is 0 Å². The van der Waals surface area contributed by atoms with E-state index >= 15 is 0 Å². The monoisotopic (exact) mass is 1920 g/mol. The molecule has 0 spiro atoms. The number of likely N-dealkylation sites (N-methyl/N-ethyl adjacent to an activating group) is 1. The van der Waals surface area contributed by atoms with E-state index in [2.05, 4.69) is 91.0 Å². The molecule has 0 bridgehead atoms. The van der Waals surface area contributed by atoms with Gasteiger partial charge in [-0.1, -0.05) is 159 Å². The number of hydrogen-bond acceptors (Lipinski definition) is 25. The number of carbonyl (C=O) groups is 15. The molecule has 1 aliphatic rings. The SMILES string of the molecule is CCCCCCCCCCCCCCCC(=O)NS(=O)(=O)CCCC(=O)NCC(=O)N[C@@H](CO)C(=O)N[C@@H](CCC(N)=O)[C@H](O)N[C@@H](CCCN=C(N)N)[C@H](O)N[C@@H](CO)C(=O)N[C@@H](CCCC)C(=O)NC.C[C@H]1CCC(=O)NCCCC[C@@H](C(N)=O)NC(=O)[C@H](Cc2c[nH]c3ccccc23)NC(=O)[C@H](CCCN=C(N)N)NC(=O)[C@@H](Cc2ccccc2)NC(=O)[C@H](CCC(N)=O)NC1=O. The molecule has 135 heavy (non-hydrogen) atoms. The van der Waals surface area contributed by atoms with E-state index in [-0.39, 0.29) is 140 Å². The highest BCUT2D eigenvalue weighted by Crippen LogP contribution is 2.22. The van der Waals surface area contributed by atoms with Gasteiger partial charge in [0.05, 0.1) is 31.6 Å². The summed E-state index contributed by atoms with van der Waals surface area (Å²) in [6.07, 6.45) is 14.4. The summed E-state index contributed by atoms with van der Waals surface area (Å²) in [7, 11) is -2.61. The number of amides is 15. The summed E-state index contributed by atoms with van der Waals surface area (Å²) in [6, 6.07) is 3.21. The molecule has 0 aliphatic carbocycles. The highest BCUT2D eigenvalue weighted by Gasteiger charge is 2.37. The second kappa shape index (κ2) is 66.6. The molecule has 758 valence electrons. The number of sulfonamides is 1. The van der Waals surface area contributed by atoms with Crippen LogP contribution in [0.15, 0.2) is 70.8 Å². The Kier molecular flexibility index (Phi) is 58.0. The Balaban J connectivity index is 0.000000700. The van der Waals surface area contributed by atoms with Crippen molar-refractivity contribution < 1.29 is 101 Å². The lowest BCUT2D eigenvalue weighted by atomic mass is 10.0. The number of nitrogens with one attached hydrogen (secondary N) is 15. The van der Waals surface area contributed by atoms with Gasteiger partial charge in [-0.25, -0.2) is 8.42 Å². The van der Waals surface area contributed by atoms with Crippen LogP contribution in [0.5, 0.6) is 0 Å². The van der Waals surface area contributed by atoms with Crippen LogP contribution in [-0.2, 0) is 94.8 Å². The fourth-order valence-electron chi connectivity index (χ4n) is 14.5. The summed E-state index contributed by atoms with van der Waals surface area (Å²) in [5.74, 6) is -12.5. The molecule has 2 aromatic carbocycles. The molecule has 1 aromatic heterocycles. The van der Waals surface area contributed by atoms with Crippen molar-refractivity contribution in [3.8, 4) is 0 Å². The zero-order valence-electron chi connectivity index (χ0n) is 78.3. The first-order valence-corrected chi connectivity index (χ1v) is 48.4. The zero-order valence-corrected chi connectivity index (χ0v) is 79.2. The molecule has 0 saturated carbocycles. The predicted molar refractivity (Wildman–Crippen MR) is 507 cm³/mol. The topological polar surface area (TPSA) is 762 Å². The smallest absolute Gasteiger partial charge is 0.245 e. The van der Waals surface area contributed by atoms with Crippen molar-refractivity contribution in [2.45, 2.75) is 312 Å². The minimum Gasteiger partial charge on any atom is -0.394 e. The lowest BCUT2D eigenvalue weighted by molar-refractivity contribution is -0.135. The zero-order chi connectivity index (χ0) is 100. The van der Waals surface area contributed by atoms with E-state index in [4.69, 9.17) is 40.1 Å². The third-order valence-electron chi connectivity index (χ3n) is 22.3. The van der Waals surface area contributed by atoms with Gasteiger partial charge in [0.25, 0.3) is 0 Å². The van der Waals surface area contributed by atoms with E-state index in [9.17, 15) is 101 Å². The summed E-state index contributed by atoms with van der Waals surface area (Å²) in [5, 5.41) is 77.1. The van der Waals surface area contributed by atoms with Gasteiger partial charge in [0.2, 0.25) is 98.6 Å². The number of aliphatic hydroxyl groups excluding tert-OH is 4. The standard InChI is InChI=1S/C46H90N12O13S.C43H60N12O8/c1-4-6-8-9-10-11-12-13-14-15-16-17-18-23-39(63)58-72(70,71)28-20-24-38(62)52-29-40(64)53-35(30-59)44(68)56-34(25-26-37(47)61)43(67)55-33(22-19-27-51-46(48)49)42(66)57-36(31-60)45(69)54-32(21-7-5-2)41(65)50-3;1-25-16-19-36(57)48-20-8-7-14-30(37(45)58)51-42(63)34(23-27-24-50-29-13-6-5-12-28(27)29)55-39(60)31(15-9-21-49-43(46)47)53-41(62)33(22-26-10-3-2-4-11-26)54-40(61)32(52-38(25)59)17-18-35(44)56/h32-36,42-43,55,57,59-60,66-67H,4-31H2,1-3H3,(H2,47,61)(H,50,65)(H,52,62)(H,53,64)(H,54,69)(H,56,68)(H,58,63)(H4,48,49,51);2-6,10-13,24-25,30-34,50H,7-9,14-23H2,1H3,(H2,44,56)(H2,45,58)(H,48,57)(H,51,63)(H,52,59)(H,53,62)(H,54,61)(H,55,60)(H4,46,47,49)/t32-,33-,34-,35-,36-,42-,43-;25-,30-,31-,32-,33+,34-/m00/s1. The van der Waals surface area contributed by atoms with E-state index in [1.165, 1.54) is 58.4 Å². The van der Waals surface area contributed by atoms with E-state index < -0.39 is 197 Å². The third-order valence-corrected chi connectivity index (χ3v) is 23.7. The van der Waals surface area contributed by atoms with E-state index in [1.807, 2.05) is 35.9 Å².